The molecule has 0 N–H and O–H groups in total. The van der Waals surface area contributed by atoms with Crippen LogP contribution in [-0.2, 0) is 20.1 Å². The van der Waals surface area contributed by atoms with E-state index in [-0.39, 0.29) is 20.1 Å². The SMILES string of the molecule is CC(C)(C)CCCC(C)(C)C.Cc1cccc(-c2cc(-c3cccc(C)c3)ncn2)c1.Cc1cccc(-c2cc(-c3cccc(C)c3)ncn2)c1.[Ir+3]. The van der Waals surface area contributed by atoms with Gasteiger partial charge in [0.1, 0.15) is 12.7 Å². The van der Waals surface area contributed by atoms with Gasteiger partial charge in [-0.25, -0.2) is 19.9 Å². The van der Waals surface area contributed by atoms with Gasteiger partial charge < -0.3 is 0 Å². The average Bonchev–Trinajstić information content (AvgIpc) is 3.08. The zero-order valence-electron chi connectivity index (χ0n) is 32.8. The van der Waals surface area contributed by atoms with Crippen molar-refractivity contribution in [3.05, 3.63) is 144 Å². The van der Waals surface area contributed by atoms with Crippen molar-refractivity contribution < 1.29 is 20.1 Å². The van der Waals surface area contributed by atoms with E-state index in [1.54, 1.807) is 12.7 Å². The quantitative estimate of drug-likeness (QED) is 0.167. The van der Waals surface area contributed by atoms with Gasteiger partial charge >= 0.3 is 20.1 Å². The Morgan fingerprint density at radius 2 is 0.635 bits per heavy atom. The molecule has 270 valence electrons. The van der Waals surface area contributed by atoms with E-state index in [2.05, 4.69) is 186 Å². The predicted octanol–water partition coefficient (Wildman–Crippen LogP) is 13.1. The molecule has 0 radical (unpaired) electrons. The maximum Gasteiger partial charge on any atom is 3.00 e. The Morgan fingerprint density at radius 3 is 0.846 bits per heavy atom. The third kappa shape index (κ3) is 14.4. The molecule has 0 aliphatic rings. The first-order chi connectivity index (χ1) is 24.1. The van der Waals surface area contributed by atoms with Crippen LogP contribution in [0.4, 0.5) is 0 Å². The van der Waals surface area contributed by atoms with Crippen LogP contribution in [0.5, 0.6) is 0 Å². The molecule has 6 aromatic rings. The minimum Gasteiger partial charge on any atom is -0.236 e. The van der Waals surface area contributed by atoms with Crippen molar-refractivity contribution in [1.82, 2.24) is 19.9 Å². The van der Waals surface area contributed by atoms with Crippen molar-refractivity contribution in [1.29, 1.82) is 0 Å². The summed E-state index contributed by atoms with van der Waals surface area (Å²) in [5.74, 6) is 0. The molecule has 2 aromatic heterocycles. The number of rotatable bonds is 6. The normalized spacial score (nSPS) is 11.0. The molecule has 0 fully saturated rings. The third-order valence-electron chi connectivity index (χ3n) is 8.44. The van der Waals surface area contributed by atoms with Gasteiger partial charge in [0.05, 0.1) is 22.8 Å². The van der Waals surface area contributed by atoms with Crippen LogP contribution in [0.25, 0.3) is 45.0 Å². The molecule has 0 bridgehead atoms. The molecule has 0 amide bonds. The van der Waals surface area contributed by atoms with Crippen molar-refractivity contribution in [2.45, 2.75) is 88.5 Å². The zero-order chi connectivity index (χ0) is 37.0. The Balaban J connectivity index is 0.000000219. The Kier molecular flexibility index (Phi) is 15.8. The first-order valence-corrected chi connectivity index (χ1v) is 18.1. The fourth-order valence-electron chi connectivity index (χ4n) is 5.71. The Labute approximate surface area is 327 Å². The second-order valence-corrected chi connectivity index (χ2v) is 16.0. The first-order valence-electron chi connectivity index (χ1n) is 18.1. The predicted molar refractivity (Wildman–Crippen MR) is 218 cm³/mol. The van der Waals surface area contributed by atoms with E-state index in [4.69, 9.17) is 0 Å². The van der Waals surface area contributed by atoms with Gasteiger partial charge in [0.2, 0.25) is 0 Å². The van der Waals surface area contributed by atoms with Crippen LogP contribution >= 0.6 is 0 Å². The molecule has 4 nitrogen and oxygen atoms in total. The Bertz CT molecular complexity index is 1740. The van der Waals surface area contributed by atoms with Gasteiger partial charge in [-0.15, -0.1) is 0 Å². The minimum atomic E-state index is 0. The summed E-state index contributed by atoms with van der Waals surface area (Å²) < 4.78 is 0. The summed E-state index contributed by atoms with van der Waals surface area (Å²) in [5, 5.41) is 0. The molecule has 0 unspecified atom stereocenters. The van der Waals surface area contributed by atoms with Crippen molar-refractivity contribution >= 4 is 0 Å². The molecule has 52 heavy (non-hydrogen) atoms. The number of hydrogen-bond acceptors (Lipinski definition) is 4. The van der Waals surface area contributed by atoms with Crippen molar-refractivity contribution in [2.24, 2.45) is 10.8 Å². The van der Waals surface area contributed by atoms with Crippen LogP contribution in [0, 0.1) is 38.5 Å². The number of hydrogen-bond donors (Lipinski definition) is 0. The van der Waals surface area contributed by atoms with Gasteiger partial charge in [-0.1, -0.05) is 143 Å². The summed E-state index contributed by atoms with van der Waals surface area (Å²) in [7, 11) is 0. The first kappa shape index (κ1) is 42.1. The van der Waals surface area contributed by atoms with E-state index in [0.29, 0.717) is 10.8 Å². The van der Waals surface area contributed by atoms with Crippen molar-refractivity contribution in [3.8, 4) is 45.0 Å². The second kappa shape index (κ2) is 19.5. The van der Waals surface area contributed by atoms with E-state index in [0.717, 1.165) is 45.0 Å². The van der Waals surface area contributed by atoms with Crippen LogP contribution in [0.15, 0.2) is 122 Å². The van der Waals surface area contributed by atoms with Gasteiger partial charge in [0, 0.05) is 22.3 Å². The van der Waals surface area contributed by atoms with E-state index in [1.165, 1.54) is 41.5 Å². The maximum absolute atomic E-state index is 4.39. The van der Waals surface area contributed by atoms with E-state index in [1.807, 2.05) is 12.1 Å². The molecule has 2 heterocycles. The standard InChI is InChI=1S/2C18H16N2.C11H24.Ir/c2*1-13-5-3-7-15(9-13)17-11-18(20-12-19-17)16-8-4-6-14(2)10-16;1-10(2,3)8-7-9-11(4,5)6;/h2*3-12H,1-2H3;7-9H2,1-6H3;/q;;;+3. The summed E-state index contributed by atoms with van der Waals surface area (Å²) >= 11 is 0. The van der Waals surface area contributed by atoms with Crippen LogP contribution in [-0.4, -0.2) is 19.9 Å². The molecular formula is C47H56IrN4+3. The average molecular weight is 869 g/mol. The summed E-state index contributed by atoms with van der Waals surface area (Å²) in [6.07, 6.45) is 7.34. The number of aryl methyl sites for hydroxylation is 4. The van der Waals surface area contributed by atoms with Gasteiger partial charge in [-0.2, -0.15) is 0 Å². The zero-order valence-corrected chi connectivity index (χ0v) is 35.2. The topological polar surface area (TPSA) is 51.6 Å². The molecule has 0 saturated heterocycles. The number of nitrogens with zero attached hydrogens (tertiary/aromatic N) is 4. The monoisotopic (exact) mass is 869 g/mol. The van der Waals surface area contributed by atoms with Crippen molar-refractivity contribution in [3.63, 3.8) is 0 Å². The minimum absolute atomic E-state index is 0. The molecule has 0 atom stereocenters. The molecule has 0 saturated carbocycles. The fourth-order valence-corrected chi connectivity index (χ4v) is 5.71. The number of aromatic nitrogens is 4. The van der Waals surface area contributed by atoms with Crippen molar-refractivity contribution in [2.75, 3.05) is 0 Å². The smallest absolute Gasteiger partial charge is 0.236 e. The molecule has 0 aliphatic carbocycles. The molecule has 4 aromatic carbocycles. The summed E-state index contributed by atoms with van der Waals surface area (Å²) in [4.78, 5) is 17.6. The Hall–Kier alpha value is -4.31. The van der Waals surface area contributed by atoms with Crippen LogP contribution in [0.2, 0.25) is 0 Å². The number of benzene rings is 4. The summed E-state index contributed by atoms with van der Waals surface area (Å²) in [6.45, 7) is 22.2. The van der Waals surface area contributed by atoms with Crippen LogP contribution in [0.3, 0.4) is 0 Å². The molecular weight excluding hydrogens is 813 g/mol. The van der Waals surface area contributed by atoms with E-state index in [9.17, 15) is 0 Å². The fraction of sp³-hybridized carbons (Fsp3) is 0.319. The van der Waals surface area contributed by atoms with Gasteiger partial charge in [0.15, 0.2) is 0 Å². The van der Waals surface area contributed by atoms with Crippen LogP contribution < -0.4 is 0 Å². The van der Waals surface area contributed by atoms with E-state index < -0.39 is 0 Å². The maximum atomic E-state index is 4.39. The van der Waals surface area contributed by atoms with E-state index >= 15 is 0 Å². The van der Waals surface area contributed by atoms with Gasteiger partial charge in [-0.05, 0) is 87.8 Å². The summed E-state index contributed by atoms with van der Waals surface area (Å²) in [6, 6.07) is 37.5. The van der Waals surface area contributed by atoms with Crippen LogP contribution in [0.1, 0.15) is 83.1 Å². The Morgan fingerprint density at radius 1 is 0.385 bits per heavy atom. The van der Waals surface area contributed by atoms with Gasteiger partial charge in [-0.3, -0.25) is 0 Å². The summed E-state index contributed by atoms with van der Waals surface area (Å²) in [5.41, 5.74) is 14.3. The molecule has 0 spiro atoms. The molecule has 6 rings (SSSR count). The largest absolute Gasteiger partial charge is 3.00 e. The second-order valence-electron chi connectivity index (χ2n) is 16.0. The third-order valence-corrected chi connectivity index (χ3v) is 8.44. The molecule has 5 heteroatoms. The van der Waals surface area contributed by atoms with Gasteiger partial charge in [0.25, 0.3) is 0 Å². The molecule has 0 aliphatic heterocycles.